The van der Waals surface area contributed by atoms with Crippen LogP contribution in [0.4, 0.5) is 0 Å². The summed E-state index contributed by atoms with van der Waals surface area (Å²) < 4.78 is 2.75. The third-order valence-corrected chi connectivity index (χ3v) is 6.03. The van der Waals surface area contributed by atoms with E-state index in [1.54, 1.807) is 0 Å². The van der Waals surface area contributed by atoms with Crippen LogP contribution in [0.5, 0.6) is 0 Å². The second-order valence-corrected chi connectivity index (χ2v) is 7.08. The number of fused-ring (bicyclic) bond motifs is 5. The van der Waals surface area contributed by atoms with Crippen molar-refractivity contribution in [2.24, 2.45) is 0 Å². The highest BCUT2D eigenvalue weighted by Gasteiger charge is 2.17. The third-order valence-electron chi connectivity index (χ3n) is 4.84. The predicted molar refractivity (Wildman–Crippen MR) is 101 cm³/mol. The molecule has 0 amide bonds. The average Bonchev–Trinajstić information content (AvgIpc) is 3.01. The number of rotatable bonds is 0. The lowest BCUT2D eigenvalue weighted by atomic mass is 9.94. The second-order valence-electron chi connectivity index (χ2n) is 6.03. The molecule has 4 aromatic carbocycles. The molecule has 0 unspecified atom stereocenters. The molecule has 0 aliphatic rings. The molecule has 23 heavy (non-hydrogen) atoms. The van der Waals surface area contributed by atoms with E-state index >= 15 is 0 Å². The number of hydrogen-bond acceptors (Lipinski definition) is 2. The minimum Gasteiger partial charge on any atom is -0.256 e. The molecule has 0 saturated carbocycles. The number of hydrogen-bond donors (Lipinski definition) is 0. The quantitative estimate of drug-likeness (QED) is 0.235. The van der Waals surface area contributed by atoms with Crippen LogP contribution in [0.15, 0.2) is 66.9 Å². The van der Waals surface area contributed by atoms with Gasteiger partial charge in [0, 0.05) is 37.1 Å². The summed E-state index contributed by atoms with van der Waals surface area (Å²) in [5.74, 6) is 0. The van der Waals surface area contributed by atoms with E-state index in [4.69, 9.17) is 4.98 Å². The molecule has 6 rings (SSSR count). The molecule has 106 valence electrons. The van der Waals surface area contributed by atoms with Crippen LogP contribution >= 0.6 is 11.3 Å². The molecule has 0 radical (unpaired) electrons. The van der Waals surface area contributed by atoms with Crippen LogP contribution in [-0.2, 0) is 0 Å². The molecule has 0 aliphatic heterocycles. The van der Waals surface area contributed by atoms with Gasteiger partial charge in [0.05, 0.1) is 5.52 Å². The molecule has 2 aromatic heterocycles. The molecule has 0 saturated heterocycles. The molecule has 0 atom stereocenters. The first-order chi connectivity index (χ1) is 11.4. The van der Waals surface area contributed by atoms with Gasteiger partial charge >= 0.3 is 0 Å². The largest absolute Gasteiger partial charge is 0.256 e. The van der Waals surface area contributed by atoms with Crippen molar-refractivity contribution in [2.45, 2.75) is 0 Å². The van der Waals surface area contributed by atoms with Gasteiger partial charge in [-0.3, -0.25) is 4.98 Å². The van der Waals surface area contributed by atoms with E-state index in [-0.39, 0.29) is 0 Å². The highest BCUT2D eigenvalue weighted by atomic mass is 32.1. The SMILES string of the molecule is c1ccc2c(c1)cc1c3cccnc3c3cccc4sc2c1c43. The number of benzene rings is 4. The maximum atomic E-state index is 4.69. The van der Waals surface area contributed by atoms with E-state index in [1.165, 1.54) is 47.1 Å². The van der Waals surface area contributed by atoms with E-state index in [2.05, 4.69) is 54.6 Å². The number of thiophene rings is 1. The summed E-state index contributed by atoms with van der Waals surface area (Å²) in [5.41, 5.74) is 1.11. The van der Waals surface area contributed by atoms with Gasteiger partial charge in [0.25, 0.3) is 0 Å². The van der Waals surface area contributed by atoms with Gasteiger partial charge in [0.1, 0.15) is 0 Å². The van der Waals surface area contributed by atoms with Crippen molar-refractivity contribution in [1.82, 2.24) is 4.98 Å². The molecular weight excluding hydrogens is 298 g/mol. The van der Waals surface area contributed by atoms with Gasteiger partial charge in [-0.05, 0) is 34.4 Å². The van der Waals surface area contributed by atoms with E-state index in [1.807, 2.05) is 23.6 Å². The van der Waals surface area contributed by atoms with Crippen LogP contribution in [-0.4, -0.2) is 4.98 Å². The van der Waals surface area contributed by atoms with Crippen LogP contribution in [0.1, 0.15) is 0 Å². The molecule has 2 heterocycles. The molecule has 0 fully saturated rings. The van der Waals surface area contributed by atoms with Gasteiger partial charge in [-0.25, -0.2) is 0 Å². The molecule has 0 bridgehead atoms. The maximum Gasteiger partial charge on any atom is 0.0787 e. The summed E-state index contributed by atoms with van der Waals surface area (Å²) in [7, 11) is 0. The lowest BCUT2D eigenvalue weighted by molar-refractivity contribution is 1.43. The topological polar surface area (TPSA) is 12.9 Å². The third kappa shape index (κ3) is 1.35. The molecule has 0 spiro atoms. The molecule has 0 N–H and O–H groups in total. The van der Waals surface area contributed by atoms with Crippen molar-refractivity contribution in [2.75, 3.05) is 0 Å². The Morgan fingerprint density at radius 1 is 0.696 bits per heavy atom. The first-order valence-corrected chi connectivity index (χ1v) is 8.56. The van der Waals surface area contributed by atoms with E-state index in [0.717, 1.165) is 5.52 Å². The Labute approximate surface area is 136 Å². The van der Waals surface area contributed by atoms with Crippen LogP contribution < -0.4 is 0 Å². The minimum absolute atomic E-state index is 1.11. The van der Waals surface area contributed by atoms with Gasteiger partial charge in [-0.1, -0.05) is 42.5 Å². The van der Waals surface area contributed by atoms with Crippen LogP contribution in [0, 0.1) is 0 Å². The normalized spacial score (nSPS) is 12.3. The van der Waals surface area contributed by atoms with Crippen molar-refractivity contribution in [3.05, 3.63) is 66.9 Å². The monoisotopic (exact) mass is 309 g/mol. The van der Waals surface area contributed by atoms with Crippen molar-refractivity contribution in [3.8, 4) is 0 Å². The first kappa shape index (κ1) is 11.8. The van der Waals surface area contributed by atoms with Crippen LogP contribution in [0.25, 0.3) is 52.6 Å². The second kappa shape index (κ2) is 3.98. The standard InChI is InChI=1S/C21H11NS/c1-2-6-13-12(5-1)11-16-14-8-4-10-22-20(14)15-7-3-9-17-18(15)19(16)21(13)23-17/h1-11H. The smallest absolute Gasteiger partial charge is 0.0787 e. The summed E-state index contributed by atoms with van der Waals surface area (Å²) in [4.78, 5) is 4.69. The Balaban J connectivity index is 2.13. The summed E-state index contributed by atoms with van der Waals surface area (Å²) in [6.07, 6.45) is 1.90. The molecule has 6 aromatic rings. The van der Waals surface area contributed by atoms with Gasteiger partial charge in [0.2, 0.25) is 0 Å². The Bertz CT molecular complexity index is 1360. The van der Waals surface area contributed by atoms with Crippen LogP contribution in [0.2, 0.25) is 0 Å². The lowest BCUT2D eigenvalue weighted by Crippen LogP contribution is -1.85. The minimum atomic E-state index is 1.11. The summed E-state index contributed by atoms with van der Waals surface area (Å²) in [6.45, 7) is 0. The van der Waals surface area contributed by atoms with Crippen molar-refractivity contribution < 1.29 is 0 Å². The van der Waals surface area contributed by atoms with Crippen LogP contribution in [0.3, 0.4) is 0 Å². The van der Waals surface area contributed by atoms with Gasteiger partial charge in [0.15, 0.2) is 0 Å². The fourth-order valence-electron chi connectivity index (χ4n) is 3.90. The van der Waals surface area contributed by atoms with E-state index < -0.39 is 0 Å². The van der Waals surface area contributed by atoms with Gasteiger partial charge < -0.3 is 0 Å². The first-order valence-electron chi connectivity index (χ1n) is 7.74. The molecule has 0 aliphatic carbocycles. The molecular formula is C21H11NS. The average molecular weight is 309 g/mol. The summed E-state index contributed by atoms with van der Waals surface area (Å²) >= 11 is 1.90. The van der Waals surface area contributed by atoms with E-state index in [0.29, 0.717) is 0 Å². The zero-order chi connectivity index (χ0) is 15.0. The van der Waals surface area contributed by atoms with Crippen molar-refractivity contribution in [3.63, 3.8) is 0 Å². The Hall–Kier alpha value is -2.71. The van der Waals surface area contributed by atoms with Crippen molar-refractivity contribution >= 4 is 64.0 Å². The Morgan fingerprint density at radius 2 is 1.57 bits per heavy atom. The van der Waals surface area contributed by atoms with Gasteiger partial charge in [-0.2, -0.15) is 0 Å². The maximum absolute atomic E-state index is 4.69. The Kier molecular flexibility index (Phi) is 2.04. The number of aromatic nitrogens is 1. The van der Waals surface area contributed by atoms with Crippen molar-refractivity contribution in [1.29, 1.82) is 0 Å². The zero-order valence-electron chi connectivity index (χ0n) is 12.2. The molecule has 1 nitrogen and oxygen atoms in total. The summed E-state index contributed by atoms with van der Waals surface area (Å²) in [5, 5.41) is 9.28. The highest BCUT2D eigenvalue weighted by molar-refractivity contribution is 7.27. The molecule has 2 heteroatoms. The zero-order valence-corrected chi connectivity index (χ0v) is 13.0. The fourth-order valence-corrected chi connectivity index (χ4v) is 5.19. The number of pyridine rings is 1. The highest BCUT2D eigenvalue weighted by Crippen LogP contribution is 2.46. The predicted octanol–water partition coefficient (Wildman–Crippen LogP) is 6.35. The summed E-state index contributed by atoms with van der Waals surface area (Å²) in [6, 6.07) is 21.9. The Morgan fingerprint density at radius 3 is 2.57 bits per heavy atom. The van der Waals surface area contributed by atoms with Gasteiger partial charge in [-0.15, -0.1) is 11.3 Å². The number of nitrogens with zero attached hydrogens (tertiary/aromatic N) is 1. The fraction of sp³-hybridized carbons (Fsp3) is 0. The van der Waals surface area contributed by atoms with E-state index in [9.17, 15) is 0 Å². The lowest BCUT2D eigenvalue weighted by Gasteiger charge is -2.09.